The minimum Gasteiger partial charge on any atom is -0.324 e. The molecule has 1 aromatic rings. The summed E-state index contributed by atoms with van der Waals surface area (Å²) in [5.74, 6) is -0.219. The molecule has 0 bridgehead atoms. The van der Waals surface area contributed by atoms with Gasteiger partial charge in [-0.15, -0.1) is 6.58 Å². The van der Waals surface area contributed by atoms with Crippen LogP contribution >= 0.6 is 0 Å². The molecule has 1 aliphatic heterocycles. The van der Waals surface area contributed by atoms with Gasteiger partial charge in [-0.25, -0.2) is 0 Å². The molecule has 66 valence electrons. The summed E-state index contributed by atoms with van der Waals surface area (Å²) in [6.45, 7) is 3.58. The average Bonchev–Trinajstić information content (AvgIpc) is 2.41. The van der Waals surface area contributed by atoms with Crippen molar-refractivity contribution in [2.45, 2.75) is 5.54 Å². The number of hydrogen-bond donors (Lipinski definition) is 2. The van der Waals surface area contributed by atoms with Crippen molar-refractivity contribution in [3.05, 3.63) is 42.5 Å². The van der Waals surface area contributed by atoms with Crippen LogP contribution in [0.25, 0.3) is 0 Å². The van der Waals surface area contributed by atoms with E-state index >= 15 is 0 Å². The number of nitrogens with two attached hydrogens (primary N) is 1. The molecule has 0 spiro atoms. The number of rotatable bonds is 1. The molecule has 0 radical (unpaired) electrons. The van der Waals surface area contributed by atoms with E-state index in [-0.39, 0.29) is 5.91 Å². The fraction of sp³-hybridized carbons (Fsp3) is 0.100. The summed E-state index contributed by atoms with van der Waals surface area (Å²) >= 11 is 0. The Labute approximate surface area is 76.2 Å². The highest BCUT2D eigenvalue weighted by Crippen LogP contribution is 2.34. The third-order valence-electron chi connectivity index (χ3n) is 2.32. The van der Waals surface area contributed by atoms with E-state index in [0.717, 1.165) is 11.3 Å². The topological polar surface area (TPSA) is 55.1 Å². The molecule has 13 heavy (non-hydrogen) atoms. The first-order valence-electron chi connectivity index (χ1n) is 4.02. The quantitative estimate of drug-likeness (QED) is 0.623. The van der Waals surface area contributed by atoms with Crippen LogP contribution in [0.5, 0.6) is 0 Å². The predicted octanol–water partition coefficient (Wildman–Crippen LogP) is 0.979. The zero-order chi connectivity index (χ0) is 9.47. The molecule has 3 nitrogen and oxygen atoms in total. The standard InChI is InChI=1S/C10H10N2O/c1-2-10(11)7-5-3-4-6-8(7)12-9(10)13/h2-6H,1,11H2,(H,12,13)/t10-/m1/s1. The first kappa shape index (κ1) is 8.01. The van der Waals surface area contributed by atoms with Crippen LogP contribution in [0.3, 0.4) is 0 Å². The van der Waals surface area contributed by atoms with Crippen LogP contribution in [0.15, 0.2) is 36.9 Å². The Balaban J connectivity index is 2.65. The van der Waals surface area contributed by atoms with Gasteiger partial charge in [0.05, 0.1) is 0 Å². The third kappa shape index (κ3) is 0.907. The number of para-hydroxylation sites is 1. The van der Waals surface area contributed by atoms with Gasteiger partial charge in [0.1, 0.15) is 5.54 Å². The van der Waals surface area contributed by atoms with Gasteiger partial charge in [0.15, 0.2) is 0 Å². The number of benzene rings is 1. The van der Waals surface area contributed by atoms with Gasteiger partial charge in [0, 0.05) is 11.3 Å². The summed E-state index contributed by atoms with van der Waals surface area (Å²) < 4.78 is 0. The van der Waals surface area contributed by atoms with E-state index in [1.807, 2.05) is 24.3 Å². The van der Waals surface area contributed by atoms with Crippen molar-refractivity contribution in [1.29, 1.82) is 0 Å². The molecule has 1 atom stereocenters. The van der Waals surface area contributed by atoms with Gasteiger partial charge >= 0.3 is 0 Å². The van der Waals surface area contributed by atoms with E-state index in [1.165, 1.54) is 6.08 Å². The molecule has 1 aliphatic rings. The van der Waals surface area contributed by atoms with Crippen molar-refractivity contribution in [2.24, 2.45) is 5.73 Å². The predicted molar refractivity (Wildman–Crippen MR) is 51.1 cm³/mol. The Morgan fingerprint density at radius 2 is 2.15 bits per heavy atom. The Hall–Kier alpha value is -1.61. The fourth-order valence-corrected chi connectivity index (χ4v) is 1.50. The van der Waals surface area contributed by atoms with Crippen molar-refractivity contribution in [3.63, 3.8) is 0 Å². The Kier molecular flexibility index (Phi) is 1.50. The summed E-state index contributed by atoms with van der Waals surface area (Å²) in [6.07, 6.45) is 1.47. The highest BCUT2D eigenvalue weighted by Gasteiger charge is 2.40. The van der Waals surface area contributed by atoms with Crippen molar-refractivity contribution in [1.82, 2.24) is 0 Å². The van der Waals surface area contributed by atoms with Crippen LogP contribution in [0.4, 0.5) is 5.69 Å². The SMILES string of the molecule is C=C[C@]1(N)C(=O)Nc2ccccc21. The van der Waals surface area contributed by atoms with Gasteiger partial charge in [-0.2, -0.15) is 0 Å². The van der Waals surface area contributed by atoms with E-state index in [1.54, 1.807) is 0 Å². The van der Waals surface area contributed by atoms with E-state index in [0.29, 0.717) is 0 Å². The molecule has 1 heterocycles. The molecule has 0 saturated heterocycles. The number of carbonyl (C=O) groups is 1. The van der Waals surface area contributed by atoms with Crippen LogP contribution in [0, 0.1) is 0 Å². The van der Waals surface area contributed by atoms with Crippen molar-refractivity contribution in [2.75, 3.05) is 5.32 Å². The zero-order valence-electron chi connectivity index (χ0n) is 7.08. The smallest absolute Gasteiger partial charge is 0.253 e. The van der Waals surface area contributed by atoms with Crippen molar-refractivity contribution < 1.29 is 4.79 Å². The normalized spacial score (nSPS) is 25.2. The lowest BCUT2D eigenvalue weighted by atomic mass is 9.93. The number of carbonyl (C=O) groups excluding carboxylic acids is 1. The molecular formula is C10H10N2O. The average molecular weight is 174 g/mol. The number of nitrogens with one attached hydrogen (secondary N) is 1. The second kappa shape index (κ2) is 2.44. The minimum atomic E-state index is -1.06. The third-order valence-corrected chi connectivity index (χ3v) is 2.32. The van der Waals surface area contributed by atoms with E-state index in [4.69, 9.17) is 5.73 Å². The lowest BCUT2D eigenvalue weighted by Gasteiger charge is -2.15. The van der Waals surface area contributed by atoms with Gasteiger partial charge in [-0.3, -0.25) is 4.79 Å². The Morgan fingerprint density at radius 1 is 1.46 bits per heavy atom. The lowest BCUT2D eigenvalue weighted by molar-refractivity contribution is -0.119. The maximum atomic E-state index is 11.5. The van der Waals surface area contributed by atoms with E-state index < -0.39 is 5.54 Å². The summed E-state index contributed by atoms with van der Waals surface area (Å²) in [4.78, 5) is 11.5. The van der Waals surface area contributed by atoms with Gasteiger partial charge < -0.3 is 11.1 Å². The maximum Gasteiger partial charge on any atom is 0.253 e. The van der Waals surface area contributed by atoms with E-state index in [9.17, 15) is 4.79 Å². The van der Waals surface area contributed by atoms with Gasteiger partial charge in [-0.05, 0) is 6.07 Å². The van der Waals surface area contributed by atoms with Crippen LogP contribution in [-0.4, -0.2) is 5.91 Å². The van der Waals surface area contributed by atoms with Gasteiger partial charge in [0.25, 0.3) is 5.91 Å². The van der Waals surface area contributed by atoms with Crippen molar-refractivity contribution >= 4 is 11.6 Å². The maximum absolute atomic E-state index is 11.5. The number of fused-ring (bicyclic) bond motifs is 1. The first-order valence-corrected chi connectivity index (χ1v) is 4.02. The van der Waals surface area contributed by atoms with Gasteiger partial charge in [-0.1, -0.05) is 24.3 Å². The van der Waals surface area contributed by atoms with Crippen LogP contribution in [-0.2, 0) is 10.3 Å². The molecule has 3 N–H and O–H groups in total. The molecule has 0 unspecified atom stereocenters. The van der Waals surface area contributed by atoms with Crippen LogP contribution < -0.4 is 11.1 Å². The first-order chi connectivity index (χ1) is 6.18. The molecule has 0 aromatic heterocycles. The fourth-order valence-electron chi connectivity index (χ4n) is 1.50. The molecular weight excluding hydrogens is 164 g/mol. The number of amides is 1. The summed E-state index contributed by atoms with van der Waals surface area (Å²) in [5, 5.41) is 2.70. The van der Waals surface area contributed by atoms with Gasteiger partial charge in [0.2, 0.25) is 0 Å². The molecule has 0 aliphatic carbocycles. The molecule has 0 fully saturated rings. The molecule has 2 rings (SSSR count). The number of hydrogen-bond acceptors (Lipinski definition) is 2. The van der Waals surface area contributed by atoms with Crippen molar-refractivity contribution in [3.8, 4) is 0 Å². The highest BCUT2D eigenvalue weighted by molar-refractivity contribution is 6.07. The van der Waals surface area contributed by atoms with Crippen LogP contribution in [0.1, 0.15) is 5.56 Å². The Morgan fingerprint density at radius 3 is 2.85 bits per heavy atom. The molecule has 1 aromatic carbocycles. The zero-order valence-corrected chi connectivity index (χ0v) is 7.08. The second-order valence-corrected chi connectivity index (χ2v) is 3.07. The minimum absolute atomic E-state index is 0.219. The molecule has 0 saturated carbocycles. The summed E-state index contributed by atoms with van der Waals surface area (Å²) in [6, 6.07) is 7.36. The number of anilines is 1. The second-order valence-electron chi connectivity index (χ2n) is 3.07. The van der Waals surface area contributed by atoms with E-state index in [2.05, 4.69) is 11.9 Å². The summed E-state index contributed by atoms with van der Waals surface area (Å²) in [7, 11) is 0. The Bertz CT molecular complexity index is 386. The lowest BCUT2D eigenvalue weighted by Crippen LogP contribution is -2.41. The largest absolute Gasteiger partial charge is 0.324 e. The monoisotopic (exact) mass is 174 g/mol. The summed E-state index contributed by atoms with van der Waals surface area (Å²) in [5.41, 5.74) is 6.38. The highest BCUT2D eigenvalue weighted by atomic mass is 16.2. The molecule has 1 amide bonds. The molecule has 3 heteroatoms. The van der Waals surface area contributed by atoms with Crippen LogP contribution in [0.2, 0.25) is 0 Å².